The molecule has 0 unspecified atom stereocenters. The summed E-state index contributed by atoms with van der Waals surface area (Å²) in [4.78, 5) is 61.7. The molecular formula is C21H24ClFN4O6. The molecule has 2 fully saturated rings. The van der Waals surface area contributed by atoms with Crippen LogP contribution in [0.2, 0.25) is 5.02 Å². The molecule has 4 N–H and O–H groups in total. The number of carbonyl (C=O) groups is 5. The largest absolute Gasteiger partial charge is 0.446 e. The molecule has 2 aliphatic rings. The van der Waals surface area contributed by atoms with Crippen molar-refractivity contribution in [2.75, 3.05) is 12.4 Å². The van der Waals surface area contributed by atoms with Gasteiger partial charge < -0.3 is 20.7 Å². The van der Waals surface area contributed by atoms with Crippen molar-refractivity contribution in [3.8, 4) is 0 Å². The van der Waals surface area contributed by atoms with Gasteiger partial charge in [0.1, 0.15) is 11.9 Å². The van der Waals surface area contributed by atoms with E-state index in [4.69, 9.17) is 16.3 Å². The Balaban J connectivity index is 1.83. The molecule has 0 bridgehead atoms. The molecule has 1 aliphatic heterocycles. The number of likely N-dealkylation sites (N-methyl/N-ethyl adjacent to an activating group) is 1. The minimum absolute atomic E-state index is 0.113. The smallest absolute Gasteiger partial charge is 0.411 e. The van der Waals surface area contributed by atoms with Gasteiger partial charge in [-0.05, 0) is 44.7 Å². The quantitative estimate of drug-likeness (QED) is 0.414. The molecule has 4 amide bonds. The van der Waals surface area contributed by atoms with Gasteiger partial charge >= 0.3 is 6.09 Å². The molecule has 0 radical (unpaired) electrons. The number of benzene rings is 1. The lowest BCUT2D eigenvalue weighted by Crippen LogP contribution is -2.48. The zero-order chi connectivity index (χ0) is 24.3. The number of hydrogen-bond acceptors (Lipinski definition) is 6. The maximum absolute atomic E-state index is 14.0. The van der Waals surface area contributed by atoms with E-state index in [2.05, 4.69) is 21.3 Å². The lowest BCUT2D eigenvalue weighted by atomic mass is 9.93. The highest BCUT2D eigenvalue weighted by molar-refractivity contribution is 6.38. The summed E-state index contributed by atoms with van der Waals surface area (Å²) in [5.74, 6) is -4.57. The molecule has 3 rings (SSSR count). The van der Waals surface area contributed by atoms with E-state index in [1.54, 1.807) is 6.92 Å². The highest BCUT2D eigenvalue weighted by atomic mass is 35.5. The molecule has 10 nitrogen and oxygen atoms in total. The fraction of sp³-hybridized carbons (Fsp3) is 0.476. The fourth-order valence-electron chi connectivity index (χ4n) is 3.50. The molecule has 0 aromatic heterocycles. The number of ketones is 1. The summed E-state index contributed by atoms with van der Waals surface area (Å²) in [6, 6.07) is 0.393. The van der Waals surface area contributed by atoms with Crippen molar-refractivity contribution in [3.05, 3.63) is 28.5 Å². The molecule has 1 heterocycles. The van der Waals surface area contributed by atoms with E-state index in [0.29, 0.717) is 19.3 Å². The van der Waals surface area contributed by atoms with E-state index in [-0.39, 0.29) is 40.7 Å². The first kappa shape index (κ1) is 24.4. The number of amides is 4. The molecule has 1 aromatic carbocycles. The lowest BCUT2D eigenvalue weighted by molar-refractivity contribution is -0.139. The fourth-order valence-corrected chi connectivity index (χ4v) is 3.67. The molecule has 1 saturated carbocycles. The van der Waals surface area contributed by atoms with Crippen LogP contribution in [0, 0.1) is 11.7 Å². The van der Waals surface area contributed by atoms with Crippen LogP contribution in [0.5, 0.6) is 0 Å². The summed E-state index contributed by atoms with van der Waals surface area (Å²) in [5.41, 5.74) is -0.466. The van der Waals surface area contributed by atoms with E-state index in [1.165, 1.54) is 7.05 Å². The zero-order valence-corrected chi connectivity index (χ0v) is 18.8. The number of carbonyl (C=O) groups excluding carboxylic acids is 5. The number of ether oxygens (including phenoxy) is 1. The first-order chi connectivity index (χ1) is 15.6. The summed E-state index contributed by atoms with van der Waals surface area (Å²) in [7, 11) is 1.26. The van der Waals surface area contributed by atoms with Gasteiger partial charge in [0.05, 0.1) is 22.3 Å². The molecule has 0 spiro atoms. The van der Waals surface area contributed by atoms with E-state index in [0.717, 1.165) is 12.1 Å². The molecule has 1 aromatic rings. The van der Waals surface area contributed by atoms with Crippen molar-refractivity contribution in [1.29, 1.82) is 0 Å². The second-order valence-electron chi connectivity index (χ2n) is 8.09. The first-order valence-electron chi connectivity index (χ1n) is 10.4. The summed E-state index contributed by atoms with van der Waals surface area (Å²) in [6.45, 7) is 1.80. The van der Waals surface area contributed by atoms with Crippen LogP contribution in [-0.4, -0.2) is 54.8 Å². The molecule has 1 saturated heterocycles. The normalized spacial score (nSPS) is 20.4. The number of Topliss-reactive ketones (excluding diaryl/α,β-unsaturated/α-hetero) is 1. The Kier molecular flexibility index (Phi) is 7.52. The van der Waals surface area contributed by atoms with Gasteiger partial charge in [-0.25, -0.2) is 9.18 Å². The van der Waals surface area contributed by atoms with Crippen molar-refractivity contribution in [1.82, 2.24) is 16.0 Å². The number of hydrogen-bond donors (Lipinski definition) is 4. The van der Waals surface area contributed by atoms with E-state index in [9.17, 15) is 28.4 Å². The van der Waals surface area contributed by atoms with Gasteiger partial charge in [0, 0.05) is 19.0 Å². The van der Waals surface area contributed by atoms with Gasteiger partial charge in [-0.2, -0.15) is 0 Å². The Hall–Kier alpha value is -3.21. The van der Waals surface area contributed by atoms with Crippen molar-refractivity contribution in [2.24, 2.45) is 5.92 Å². The van der Waals surface area contributed by atoms with Gasteiger partial charge in [0.25, 0.3) is 11.8 Å². The van der Waals surface area contributed by atoms with Crippen molar-refractivity contribution >= 4 is 46.9 Å². The maximum atomic E-state index is 14.0. The van der Waals surface area contributed by atoms with Gasteiger partial charge in [-0.15, -0.1) is 0 Å². The van der Waals surface area contributed by atoms with Crippen molar-refractivity contribution < 1.29 is 33.1 Å². The SMILES string of the molecule is CNC(=O)C(=O)[C@H](C[C@@H]1C[C@@H](C)NC1=O)NC(=O)c1cc(Cl)c(F)cc1NC(=O)OC1CC1. The lowest BCUT2D eigenvalue weighted by Gasteiger charge is -2.20. The second kappa shape index (κ2) is 10.2. The van der Waals surface area contributed by atoms with Crippen LogP contribution in [0.1, 0.15) is 43.0 Å². The number of anilines is 1. The summed E-state index contributed by atoms with van der Waals surface area (Å²) in [6.07, 6.45) is 0.639. The van der Waals surface area contributed by atoms with Crippen LogP contribution in [0.3, 0.4) is 0 Å². The van der Waals surface area contributed by atoms with Gasteiger partial charge in [0.2, 0.25) is 11.7 Å². The maximum Gasteiger partial charge on any atom is 0.411 e. The van der Waals surface area contributed by atoms with E-state index in [1.807, 2.05) is 0 Å². The Morgan fingerprint density at radius 2 is 1.97 bits per heavy atom. The van der Waals surface area contributed by atoms with Crippen molar-refractivity contribution in [2.45, 2.75) is 50.8 Å². The average Bonchev–Trinajstić information content (AvgIpc) is 3.51. The standard InChI is InChI=1S/C21H24ClFN4O6/c1-9-5-10(18(29)25-9)6-16(17(28)20(31)24-2)26-19(30)12-7-13(22)14(23)8-15(12)27-21(32)33-11-3-4-11/h7-11,16H,3-6H2,1-2H3,(H,24,31)(H,25,29)(H,26,30)(H,27,32)/t9-,10+,16+/m1/s1. The molecule has 1 aliphatic carbocycles. The van der Waals surface area contributed by atoms with Crippen LogP contribution in [0.4, 0.5) is 14.9 Å². The second-order valence-corrected chi connectivity index (χ2v) is 8.50. The van der Waals surface area contributed by atoms with Crippen LogP contribution >= 0.6 is 11.6 Å². The minimum Gasteiger partial charge on any atom is -0.446 e. The van der Waals surface area contributed by atoms with E-state index >= 15 is 0 Å². The van der Waals surface area contributed by atoms with Gasteiger partial charge in [0.15, 0.2) is 0 Å². The van der Waals surface area contributed by atoms with Crippen LogP contribution in [0.25, 0.3) is 0 Å². The van der Waals surface area contributed by atoms with Gasteiger partial charge in [-0.3, -0.25) is 24.5 Å². The number of nitrogens with one attached hydrogen (secondary N) is 4. The first-order valence-corrected chi connectivity index (χ1v) is 10.8. The number of halogens is 2. The van der Waals surface area contributed by atoms with Crippen LogP contribution in [-0.2, 0) is 19.1 Å². The Bertz CT molecular complexity index is 999. The molecule has 3 atom stereocenters. The third-order valence-electron chi connectivity index (χ3n) is 5.33. The summed E-state index contributed by atoms with van der Waals surface area (Å²) < 4.78 is 19.1. The van der Waals surface area contributed by atoms with E-state index < -0.39 is 41.5 Å². The third kappa shape index (κ3) is 6.19. The predicted octanol–water partition coefficient (Wildman–Crippen LogP) is 1.52. The molecule has 33 heavy (non-hydrogen) atoms. The summed E-state index contributed by atoms with van der Waals surface area (Å²) in [5, 5.41) is 9.25. The van der Waals surface area contributed by atoms with Crippen molar-refractivity contribution in [3.63, 3.8) is 0 Å². The predicted molar refractivity (Wildman–Crippen MR) is 115 cm³/mol. The topological polar surface area (TPSA) is 143 Å². The molecule has 178 valence electrons. The Morgan fingerprint density at radius 3 is 2.55 bits per heavy atom. The monoisotopic (exact) mass is 482 g/mol. The Labute approximate surface area is 193 Å². The summed E-state index contributed by atoms with van der Waals surface area (Å²) >= 11 is 5.82. The highest BCUT2D eigenvalue weighted by Crippen LogP contribution is 2.28. The van der Waals surface area contributed by atoms with Gasteiger partial charge in [-0.1, -0.05) is 11.6 Å². The third-order valence-corrected chi connectivity index (χ3v) is 5.62. The minimum atomic E-state index is -1.34. The average molecular weight is 483 g/mol. The highest BCUT2D eigenvalue weighted by Gasteiger charge is 2.36. The van der Waals surface area contributed by atoms with Crippen LogP contribution in [0.15, 0.2) is 12.1 Å². The zero-order valence-electron chi connectivity index (χ0n) is 18.0. The molecular weight excluding hydrogens is 459 g/mol. The molecule has 12 heteroatoms. The van der Waals surface area contributed by atoms with Crippen LogP contribution < -0.4 is 21.3 Å². The Morgan fingerprint density at radius 1 is 1.27 bits per heavy atom. The number of rotatable bonds is 8.